The SMILES string of the molecule is O=C(CS(=O)(=O)c1ccccc1)NNC(=O)N1Cc2ccccc2Oc2ccc(Cl)cc21. The molecule has 10 heteroatoms. The number of benzene rings is 3. The second-order valence-electron chi connectivity index (χ2n) is 6.96. The quantitative estimate of drug-likeness (QED) is 0.567. The van der Waals surface area contributed by atoms with Crippen LogP contribution in [0.15, 0.2) is 77.7 Å². The minimum Gasteiger partial charge on any atom is -0.455 e. The standard InChI is InChI=1S/C22H18ClN3O5S/c23-16-10-11-20-18(12-16)26(13-15-6-4-5-9-19(15)31-20)22(28)25-24-21(27)14-32(29,30)17-7-2-1-3-8-17/h1-12H,13-14H2,(H,24,27)(H,25,28). The van der Waals surface area contributed by atoms with E-state index in [0.29, 0.717) is 22.2 Å². The lowest BCUT2D eigenvalue weighted by Gasteiger charge is -2.22. The number of hydrazine groups is 1. The van der Waals surface area contributed by atoms with Crippen molar-refractivity contribution >= 4 is 39.1 Å². The first kappa shape index (κ1) is 21.7. The average Bonchev–Trinajstić information content (AvgIpc) is 2.94. The molecule has 8 nitrogen and oxygen atoms in total. The summed E-state index contributed by atoms with van der Waals surface area (Å²) in [5.74, 6) is -0.692. The number of amides is 3. The monoisotopic (exact) mass is 471 g/mol. The maximum Gasteiger partial charge on any atom is 0.341 e. The fraction of sp³-hybridized carbons (Fsp3) is 0.0909. The highest BCUT2D eigenvalue weighted by Crippen LogP contribution is 2.40. The number of halogens is 1. The number of nitrogens with zero attached hydrogens (tertiary/aromatic N) is 1. The Morgan fingerprint density at radius 3 is 2.44 bits per heavy atom. The van der Waals surface area contributed by atoms with Crippen LogP contribution in [0, 0.1) is 0 Å². The normalized spacial score (nSPS) is 12.6. The summed E-state index contributed by atoms with van der Waals surface area (Å²) < 4.78 is 30.6. The van der Waals surface area contributed by atoms with Crippen LogP contribution in [0.1, 0.15) is 5.56 Å². The molecule has 0 atom stereocenters. The van der Waals surface area contributed by atoms with Crippen LogP contribution in [-0.2, 0) is 21.2 Å². The van der Waals surface area contributed by atoms with Gasteiger partial charge in [-0.25, -0.2) is 18.6 Å². The van der Waals surface area contributed by atoms with Gasteiger partial charge >= 0.3 is 6.03 Å². The highest BCUT2D eigenvalue weighted by atomic mass is 35.5. The van der Waals surface area contributed by atoms with Crippen molar-refractivity contribution in [1.29, 1.82) is 0 Å². The molecule has 0 saturated carbocycles. The van der Waals surface area contributed by atoms with Crippen molar-refractivity contribution in [2.45, 2.75) is 11.4 Å². The molecule has 3 aromatic carbocycles. The molecular formula is C22H18ClN3O5S. The van der Waals surface area contributed by atoms with Crippen LogP contribution in [0.3, 0.4) is 0 Å². The molecule has 32 heavy (non-hydrogen) atoms. The van der Waals surface area contributed by atoms with Crippen LogP contribution in [0.2, 0.25) is 5.02 Å². The number of ether oxygens (including phenoxy) is 1. The predicted octanol–water partition coefficient (Wildman–Crippen LogP) is 3.67. The van der Waals surface area contributed by atoms with Gasteiger partial charge in [-0.1, -0.05) is 48.0 Å². The number of carbonyl (C=O) groups excluding carboxylic acids is 2. The lowest BCUT2D eigenvalue weighted by atomic mass is 10.2. The lowest BCUT2D eigenvalue weighted by Crippen LogP contribution is -2.50. The van der Waals surface area contributed by atoms with Crippen LogP contribution >= 0.6 is 11.6 Å². The predicted molar refractivity (Wildman–Crippen MR) is 119 cm³/mol. The van der Waals surface area contributed by atoms with Crippen LogP contribution < -0.4 is 20.5 Å². The van der Waals surface area contributed by atoms with Crippen LogP contribution in [-0.4, -0.2) is 26.1 Å². The molecule has 1 aliphatic heterocycles. The van der Waals surface area contributed by atoms with Crippen molar-refractivity contribution in [1.82, 2.24) is 10.9 Å². The number of carbonyl (C=O) groups is 2. The van der Waals surface area contributed by atoms with Crippen LogP contribution in [0.25, 0.3) is 0 Å². The van der Waals surface area contributed by atoms with Gasteiger partial charge in [0.2, 0.25) is 0 Å². The summed E-state index contributed by atoms with van der Waals surface area (Å²) in [5, 5.41) is 0.397. The van der Waals surface area contributed by atoms with Gasteiger partial charge in [0.25, 0.3) is 5.91 Å². The largest absolute Gasteiger partial charge is 0.455 e. The third kappa shape index (κ3) is 4.68. The van der Waals surface area contributed by atoms with Gasteiger partial charge in [-0.3, -0.25) is 15.1 Å². The van der Waals surface area contributed by atoms with Gasteiger partial charge in [-0.15, -0.1) is 0 Å². The Morgan fingerprint density at radius 2 is 1.66 bits per heavy atom. The van der Waals surface area contributed by atoms with Crippen molar-refractivity contribution in [3.8, 4) is 11.5 Å². The Morgan fingerprint density at radius 1 is 0.938 bits per heavy atom. The van der Waals surface area contributed by atoms with E-state index in [1.807, 2.05) is 18.2 Å². The first-order valence-corrected chi connectivity index (χ1v) is 11.6. The third-order valence-corrected chi connectivity index (χ3v) is 6.58. The fourth-order valence-electron chi connectivity index (χ4n) is 3.19. The molecule has 3 amide bonds. The van der Waals surface area contributed by atoms with E-state index in [0.717, 1.165) is 5.56 Å². The Hall–Kier alpha value is -3.56. The number of urea groups is 1. The number of anilines is 1. The molecular weight excluding hydrogens is 454 g/mol. The van der Waals surface area contributed by atoms with Crippen molar-refractivity contribution in [2.24, 2.45) is 0 Å². The molecule has 0 fully saturated rings. The van der Waals surface area contributed by atoms with E-state index in [-0.39, 0.29) is 11.4 Å². The Balaban J connectivity index is 1.50. The number of rotatable bonds is 3. The van der Waals surface area contributed by atoms with Gasteiger partial charge < -0.3 is 4.74 Å². The molecule has 0 aliphatic carbocycles. The molecule has 0 spiro atoms. The molecule has 0 bridgehead atoms. The van der Waals surface area contributed by atoms with Crippen LogP contribution in [0.4, 0.5) is 10.5 Å². The maximum atomic E-state index is 12.9. The van der Waals surface area contributed by atoms with E-state index in [9.17, 15) is 18.0 Å². The number of hydrogen-bond donors (Lipinski definition) is 2. The minimum atomic E-state index is -3.85. The van der Waals surface area contributed by atoms with Crippen LogP contribution in [0.5, 0.6) is 11.5 Å². The summed E-state index contributed by atoms with van der Waals surface area (Å²) in [7, 11) is -3.85. The molecule has 4 rings (SSSR count). The zero-order valence-corrected chi connectivity index (χ0v) is 18.2. The Labute approximate surface area is 189 Å². The summed E-state index contributed by atoms with van der Waals surface area (Å²) in [6.45, 7) is 0.146. The topological polar surface area (TPSA) is 105 Å². The van der Waals surface area contributed by atoms with Gasteiger partial charge in [0, 0.05) is 10.6 Å². The lowest BCUT2D eigenvalue weighted by molar-refractivity contribution is -0.119. The Bertz CT molecular complexity index is 1280. The van der Waals surface area contributed by atoms with Gasteiger partial charge in [0.05, 0.1) is 17.1 Å². The average molecular weight is 472 g/mol. The first-order valence-electron chi connectivity index (χ1n) is 9.53. The van der Waals surface area contributed by atoms with E-state index in [4.69, 9.17) is 16.3 Å². The smallest absolute Gasteiger partial charge is 0.341 e. The second kappa shape index (κ2) is 8.89. The molecule has 1 aliphatic rings. The highest BCUT2D eigenvalue weighted by Gasteiger charge is 2.26. The summed E-state index contributed by atoms with van der Waals surface area (Å²) in [6, 6.07) is 19.0. The molecule has 3 aromatic rings. The number of sulfone groups is 1. The molecule has 1 heterocycles. The van der Waals surface area contributed by atoms with E-state index >= 15 is 0 Å². The summed E-state index contributed by atoms with van der Waals surface area (Å²) in [6.07, 6.45) is 0. The summed E-state index contributed by atoms with van der Waals surface area (Å²) in [5.41, 5.74) is 5.58. The third-order valence-electron chi connectivity index (χ3n) is 4.71. The van der Waals surface area contributed by atoms with Crippen molar-refractivity contribution in [3.63, 3.8) is 0 Å². The van der Waals surface area contributed by atoms with Gasteiger partial charge in [-0.05, 0) is 36.4 Å². The van der Waals surface area contributed by atoms with E-state index in [2.05, 4.69) is 10.9 Å². The van der Waals surface area contributed by atoms with Gasteiger partial charge in [0.1, 0.15) is 11.5 Å². The van der Waals surface area contributed by atoms with Crippen molar-refractivity contribution in [2.75, 3.05) is 10.7 Å². The van der Waals surface area contributed by atoms with E-state index in [1.165, 1.54) is 17.0 Å². The van der Waals surface area contributed by atoms with E-state index < -0.39 is 27.5 Å². The number of fused-ring (bicyclic) bond motifs is 2. The molecule has 0 saturated heterocycles. The minimum absolute atomic E-state index is 0.0197. The molecule has 0 aromatic heterocycles. The number of hydrogen-bond acceptors (Lipinski definition) is 5. The fourth-order valence-corrected chi connectivity index (χ4v) is 4.51. The molecule has 2 N–H and O–H groups in total. The van der Waals surface area contributed by atoms with Crippen molar-refractivity contribution in [3.05, 3.63) is 83.4 Å². The summed E-state index contributed by atoms with van der Waals surface area (Å²) >= 11 is 6.12. The zero-order valence-electron chi connectivity index (χ0n) is 16.6. The first-order chi connectivity index (χ1) is 15.3. The molecule has 0 radical (unpaired) electrons. The highest BCUT2D eigenvalue weighted by molar-refractivity contribution is 7.92. The van der Waals surface area contributed by atoms with Crippen molar-refractivity contribution < 1.29 is 22.7 Å². The molecule has 0 unspecified atom stereocenters. The second-order valence-corrected chi connectivity index (χ2v) is 9.38. The molecule has 164 valence electrons. The van der Waals surface area contributed by atoms with Gasteiger partial charge in [-0.2, -0.15) is 0 Å². The number of para-hydroxylation sites is 1. The van der Waals surface area contributed by atoms with Gasteiger partial charge in [0.15, 0.2) is 15.6 Å². The number of nitrogens with one attached hydrogen (secondary N) is 2. The summed E-state index contributed by atoms with van der Waals surface area (Å²) in [4.78, 5) is 26.5. The van der Waals surface area contributed by atoms with E-state index in [1.54, 1.807) is 42.5 Å². The zero-order chi connectivity index (χ0) is 22.7. The Kier molecular flexibility index (Phi) is 6.02. The maximum absolute atomic E-state index is 12.9.